The molecule has 5 nitrogen and oxygen atoms in total. The number of rotatable bonds is 3. The van der Waals surface area contributed by atoms with E-state index < -0.39 is 11.8 Å². The predicted molar refractivity (Wildman–Crippen MR) is 91.7 cm³/mol. The maximum atomic E-state index is 11.8. The number of benzene rings is 2. The number of hydrazone groups is 1. The monoisotopic (exact) mass is 329 g/mol. The number of carbonyl (C=O) groups is 2. The van der Waals surface area contributed by atoms with Crippen molar-refractivity contribution >= 4 is 35.3 Å². The average molecular weight is 330 g/mol. The van der Waals surface area contributed by atoms with Crippen LogP contribution in [0.25, 0.3) is 0 Å². The fourth-order valence-electron chi connectivity index (χ4n) is 1.79. The lowest BCUT2D eigenvalue weighted by atomic mass is 10.2. The zero-order valence-corrected chi connectivity index (χ0v) is 13.5. The molecule has 23 heavy (non-hydrogen) atoms. The van der Waals surface area contributed by atoms with E-state index >= 15 is 0 Å². The molecule has 2 N–H and O–H groups in total. The number of hydrogen-bond donors (Lipinski definition) is 2. The zero-order chi connectivity index (χ0) is 16.8. The van der Waals surface area contributed by atoms with E-state index in [2.05, 4.69) is 15.8 Å². The molecule has 118 valence electrons. The van der Waals surface area contributed by atoms with Gasteiger partial charge in [0.2, 0.25) is 0 Å². The Hall–Kier alpha value is -2.66. The second-order valence-electron chi connectivity index (χ2n) is 4.98. The Morgan fingerprint density at radius 3 is 2.43 bits per heavy atom. The Labute approximate surface area is 139 Å². The predicted octanol–water partition coefficient (Wildman–Crippen LogP) is 3.05. The first-order valence-corrected chi connectivity index (χ1v) is 7.31. The van der Waals surface area contributed by atoms with Crippen molar-refractivity contribution in [2.75, 3.05) is 5.32 Å². The van der Waals surface area contributed by atoms with Crippen molar-refractivity contribution in [1.29, 1.82) is 0 Å². The third-order valence-corrected chi connectivity index (χ3v) is 3.59. The molecule has 0 aliphatic heterocycles. The summed E-state index contributed by atoms with van der Waals surface area (Å²) in [6.45, 7) is 3.73. The summed E-state index contributed by atoms with van der Waals surface area (Å²) < 4.78 is 0. The number of hydrogen-bond acceptors (Lipinski definition) is 3. The van der Waals surface area contributed by atoms with Crippen LogP contribution in [-0.2, 0) is 9.59 Å². The summed E-state index contributed by atoms with van der Waals surface area (Å²) in [5, 5.41) is 6.77. The average Bonchev–Trinajstić information content (AvgIpc) is 2.53. The van der Waals surface area contributed by atoms with E-state index in [1.54, 1.807) is 25.1 Å². The van der Waals surface area contributed by atoms with E-state index in [1.165, 1.54) is 6.21 Å². The minimum Gasteiger partial charge on any atom is -0.317 e. The summed E-state index contributed by atoms with van der Waals surface area (Å²) in [5.74, 6) is -1.66. The van der Waals surface area contributed by atoms with E-state index in [0.29, 0.717) is 16.3 Å². The lowest BCUT2D eigenvalue weighted by molar-refractivity contribution is -0.136. The molecule has 2 aromatic rings. The molecule has 0 saturated carbocycles. The highest BCUT2D eigenvalue weighted by atomic mass is 35.5. The molecule has 6 heteroatoms. The Morgan fingerprint density at radius 1 is 1.04 bits per heavy atom. The van der Waals surface area contributed by atoms with Crippen LogP contribution in [0.1, 0.15) is 16.7 Å². The van der Waals surface area contributed by atoms with Gasteiger partial charge in [0.05, 0.1) is 6.21 Å². The van der Waals surface area contributed by atoms with Crippen LogP contribution >= 0.6 is 11.6 Å². The summed E-state index contributed by atoms with van der Waals surface area (Å²) in [7, 11) is 0. The van der Waals surface area contributed by atoms with E-state index in [4.69, 9.17) is 11.6 Å². The molecule has 0 spiro atoms. The van der Waals surface area contributed by atoms with E-state index in [-0.39, 0.29) is 0 Å². The topological polar surface area (TPSA) is 70.6 Å². The van der Waals surface area contributed by atoms with Crippen LogP contribution < -0.4 is 10.7 Å². The van der Waals surface area contributed by atoms with Crippen molar-refractivity contribution < 1.29 is 9.59 Å². The van der Waals surface area contributed by atoms with Gasteiger partial charge in [-0.15, -0.1) is 0 Å². The maximum Gasteiger partial charge on any atom is 0.329 e. The van der Waals surface area contributed by atoms with Crippen molar-refractivity contribution in [2.24, 2.45) is 5.10 Å². The first-order chi connectivity index (χ1) is 11.0. The minimum atomic E-state index is -0.854. The second-order valence-corrected chi connectivity index (χ2v) is 5.38. The highest BCUT2D eigenvalue weighted by Crippen LogP contribution is 2.22. The number of nitrogens with one attached hydrogen (secondary N) is 2. The van der Waals surface area contributed by atoms with Crippen LogP contribution in [0.2, 0.25) is 5.02 Å². The summed E-state index contributed by atoms with van der Waals surface area (Å²) in [6, 6.07) is 12.6. The van der Waals surface area contributed by atoms with Gasteiger partial charge in [-0.05, 0) is 37.1 Å². The van der Waals surface area contributed by atoms with Crippen LogP contribution in [0.4, 0.5) is 5.69 Å². The van der Waals surface area contributed by atoms with Gasteiger partial charge in [-0.3, -0.25) is 9.59 Å². The van der Waals surface area contributed by atoms with Gasteiger partial charge < -0.3 is 5.32 Å². The normalized spacial score (nSPS) is 10.6. The molecule has 0 radical (unpaired) electrons. The Balaban J connectivity index is 1.94. The molecule has 0 bridgehead atoms. The highest BCUT2D eigenvalue weighted by Gasteiger charge is 2.14. The van der Waals surface area contributed by atoms with Crippen molar-refractivity contribution in [1.82, 2.24) is 5.43 Å². The molecule has 0 heterocycles. The summed E-state index contributed by atoms with van der Waals surface area (Å²) in [5.41, 5.74) is 5.31. The minimum absolute atomic E-state index is 0.486. The van der Waals surface area contributed by atoms with Crippen molar-refractivity contribution in [3.05, 3.63) is 64.2 Å². The SMILES string of the molecule is Cc1ccc(/C=N/NC(=O)C(=O)Nc2cccc(Cl)c2C)cc1. The number of aryl methyl sites for hydroxylation is 1. The largest absolute Gasteiger partial charge is 0.329 e. The summed E-state index contributed by atoms with van der Waals surface area (Å²) >= 11 is 5.96. The zero-order valence-electron chi connectivity index (χ0n) is 12.8. The highest BCUT2D eigenvalue weighted by molar-refractivity contribution is 6.40. The van der Waals surface area contributed by atoms with Gasteiger partial charge in [-0.2, -0.15) is 5.10 Å². The number of nitrogens with zero attached hydrogens (tertiary/aromatic N) is 1. The van der Waals surface area contributed by atoms with Gasteiger partial charge in [0, 0.05) is 10.7 Å². The molecule has 0 atom stereocenters. The van der Waals surface area contributed by atoms with Crippen molar-refractivity contribution in [3.63, 3.8) is 0 Å². The number of anilines is 1. The molecule has 2 amide bonds. The Bertz CT molecular complexity index is 755. The van der Waals surface area contributed by atoms with E-state index in [1.807, 2.05) is 31.2 Å². The van der Waals surface area contributed by atoms with Crippen LogP contribution in [0.15, 0.2) is 47.6 Å². The standard InChI is InChI=1S/C17H16ClN3O2/c1-11-6-8-13(9-7-11)10-19-21-17(23)16(22)20-15-5-3-4-14(18)12(15)2/h3-10H,1-2H3,(H,20,22)(H,21,23)/b19-10+. The second kappa shape index (κ2) is 7.56. The first-order valence-electron chi connectivity index (χ1n) is 6.93. The quantitative estimate of drug-likeness (QED) is 0.516. The van der Waals surface area contributed by atoms with Gasteiger partial charge in [0.15, 0.2) is 0 Å². The first kappa shape index (κ1) is 16.7. The molecule has 2 aromatic carbocycles. The molecule has 0 saturated heterocycles. The number of halogens is 1. The van der Waals surface area contributed by atoms with Crippen molar-refractivity contribution in [3.8, 4) is 0 Å². The summed E-state index contributed by atoms with van der Waals surface area (Å²) in [6.07, 6.45) is 1.47. The lowest BCUT2D eigenvalue weighted by Crippen LogP contribution is -2.32. The Kier molecular flexibility index (Phi) is 5.49. The van der Waals surface area contributed by atoms with Gasteiger partial charge in [-0.1, -0.05) is 47.5 Å². The summed E-state index contributed by atoms with van der Waals surface area (Å²) in [4.78, 5) is 23.5. The van der Waals surface area contributed by atoms with E-state index in [0.717, 1.165) is 11.1 Å². The molecule has 2 rings (SSSR count). The van der Waals surface area contributed by atoms with Crippen LogP contribution in [0, 0.1) is 13.8 Å². The number of amides is 2. The number of carbonyl (C=O) groups excluding carboxylic acids is 2. The fraction of sp³-hybridized carbons (Fsp3) is 0.118. The molecule has 0 fully saturated rings. The third kappa shape index (κ3) is 4.66. The van der Waals surface area contributed by atoms with Gasteiger partial charge in [-0.25, -0.2) is 5.43 Å². The Morgan fingerprint density at radius 2 is 1.74 bits per heavy atom. The van der Waals surface area contributed by atoms with Crippen LogP contribution in [0.3, 0.4) is 0 Å². The molecular formula is C17H16ClN3O2. The molecule has 0 aliphatic rings. The smallest absolute Gasteiger partial charge is 0.317 e. The fourth-order valence-corrected chi connectivity index (χ4v) is 1.97. The molecule has 0 aliphatic carbocycles. The molecule has 0 aromatic heterocycles. The van der Waals surface area contributed by atoms with Gasteiger partial charge >= 0.3 is 11.8 Å². The van der Waals surface area contributed by atoms with Crippen LogP contribution in [-0.4, -0.2) is 18.0 Å². The van der Waals surface area contributed by atoms with E-state index in [9.17, 15) is 9.59 Å². The van der Waals surface area contributed by atoms with Crippen molar-refractivity contribution in [2.45, 2.75) is 13.8 Å². The van der Waals surface area contributed by atoms with Gasteiger partial charge in [0.1, 0.15) is 0 Å². The molecule has 0 unspecified atom stereocenters. The molecular weight excluding hydrogens is 314 g/mol. The third-order valence-electron chi connectivity index (χ3n) is 3.18. The van der Waals surface area contributed by atoms with Gasteiger partial charge in [0.25, 0.3) is 0 Å². The lowest BCUT2D eigenvalue weighted by Gasteiger charge is -2.08. The maximum absolute atomic E-state index is 11.8. The van der Waals surface area contributed by atoms with Crippen LogP contribution in [0.5, 0.6) is 0 Å².